The van der Waals surface area contributed by atoms with Crippen molar-refractivity contribution >= 4 is 39.5 Å². The molecule has 0 spiro atoms. The van der Waals surface area contributed by atoms with Gasteiger partial charge in [-0.1, -0.05) is 64.5 Å². The van der Waals surface area contributed by atoms with Gasteiger partial charge in [-0.25, -0.2) is 0 Å². The van der Waals surface area contributed by atoms with Crippen LogP contribution in [0.15, 0.2) is 82.8 Å². The fraction of sp³-hybridized carbons (Fsp3) is 0.179. The topological polar surface area (TPSA) is 100 Å². The van der Waals surface area contributed by atoms with Crippen LogP contribution in [0.1, 0.15) is 17.5 Å². The van der Waals surface area contributed by atoms with Gasteiger partial charge in [-0.2, -0.15) is 5.26 Å². The summed E-state index contributed by atoms with van der Waals surface area (Å²) in [6.45, 7) is 0.233. The monoisotopic (exact) mass is 547 g/mol. The average molecular weight is 548 g/mol. The lowest BCUT2D eigenvalue weighted by Crippen LogP contribution is -2.25. The van der Waals surface area contributed by atoms with Gasteiger partial charge in [-0.15, -0.1) is 0 Å². The summed E-state index contributed by atoms with van der Waals surface area (Å²) >= 11 is 3.45. The van der Waals surface area contributed by atoms with Crippen LogP contribution in [-0.4, -0.2) is 32.1 Å². The number of methoxy groups -OCH3 is 1. The predicted octanol–water partition coefficient (Wildman–Crippen LogP) is 5.13. The quantitative estimate of drug-likeness (QED) is 0.197. The molecular formula is C28H26BrN3O4. The summed E-state index contributed by atoms with van der Waals surface area (Å²) in [7, 11) is 1.47. The lowest BCUT2D eigenvalue weighted by atomic mass is 10.1. The SMILES string of the molecule is COc1cc(/C=C(/C#N)C(=O)NCCCc2ccccc2)c(Br)cc1OCC(=O)Nc1ccccc1. The number of aryl methyl sites for hydroxylation is 1. The minimum Gasteiger partial charge on any atom is -0.493 e. The third-order valence-electron chi connectivity index (χ3n) is 5.13. The molecule has 0 unspecified atom stereocenters. The van der Waals surface area contributed by atoms with Crippen LogP contribution in [0.4, 0.5) is 5.69 Å². The molecule has 8 heteroatoms. The molecular weight excluding hydrogens is 522 g/mol. The third-order valence-corrected chi connectivity index (χ3v) is 5.82. The van der Waals surface area contributed by atoms with Crippen LogP contribution in [-0.2, 0) is 16.0 Å². The number of benzene rings is 3. The van der Waals surface area contributed by atoms with Gasteiger partial charge < -0.3 is 20.1 Å². The molecule has 2 amide bonds. The van der Waals surface area contributed by atoms with E-state index in [1.54, 1.807) is 24.3 Å². The Hall–Kier alpha value is -4.09. The van der Waals surface area contributed by atoms with Crippen LogP contribution in [0, 0.1) is 11.3 Å². The number of carbonyl (C=O) groups excluding carboxylic acids is 2. The van der Waals surface area contributed by atoms with Gasteiger partial charge in [0.15, 0.2) is 18.1 Å². The number of rotatable bonds is 11. The van der Waals surface area contributed by atoms with Crippen molar-refractivity contribution in [2.75, 3.05) is 25.6 Å². The molecule has 0 saturated carbocycles. The minimum absolute atomic E-state index is 0.0339. The maximum atomic E-state index is 12.5. The molecule has 3 aromatic carbocycles. The second-order valence-corrected chi connectivity index (χ2v) is 8.60. The number of halogens is 1. The zero-order valence-corrected chi connectivity index (χ0v) is 21.4. The van der Waals surface area contributed by atoms with Crippen LogP contribution >= 0.6 is 15.9 Å². The van der Waals surface area contributed by atoms with E-state index >= 15 is 0 Å². The molecule has 0 saturated heterocycles. The first kappa shape index (κ1) is 26.5. The molecule has 0 aliphatic carbocycles. The third kappa shape index (κ3) is 8.00. The molecule has 3 rings (SSSR count). The number of nitriles is 1. The Bertz CT molecular complexity index is 1260. The molecule has 0 aliphatic heterocycles. The lowest BCUT2D eigenvalue weighted by Gasteiger charge is -2.13. The Morgan fingerprint density at radius 2 is 1.72 bits per heavy atom. The van der Waals surface area contributed by atoms with Crippen molar-refractivity contribution in [3.8, 4) is 17.6 Å². The highest BCUT2D eigenvalue weighted by atomic mass is 79.9. The van der Waals surface area contributed by atoms with Crippen molar-refractivity contribution in [1.82, 2.24) is 5.32 Å². The molecule has 0 atom stereocenters. The predicted molar refractivity (Wildman–Crippen MR) is 143 cm³/mol. The average Bonchev–Trinajstić information content (AvgIpc) is 2.90. The molecule has 3 aromatic rings. The highest BCUT2D eigenvalue weighted by molar-refractivity contribution is 9.10. The largest absolute Gasteiger partial charge is 0.493 e. The van der Waals surface area contributed by atoms with E-state index in [0.717, 1.165) is 12.8 Å². The minimum atomic E-state index is -0.450. The number of para-hydroxylation sites is 1. The number of anilines is 1. The van der Waals surface area contributed by atoms with Gasteiger partial charge in [0.2, 0.25) is 0 Å². The number of hydrogen-bond acceptors (Lipinski definition) is 5. The summed E-state index contributed by atoms with van der Waals surface area (Å²) < 4.78 is 11.6. The summed E-state index contributed by atoms with van der Waals surface area (Å²) in [4.78, 5) is 24.7. The van der Waals surface area contributed by atoms with Crippen LogP contribution in [0.3, 0.4) is 0 Å². The number of carbonyl (C=O) groups is 2. The smallest absolute Gasteiger partial charge is 0.262 e. The van der Waals surface area contributed by atoms with Crippen molar-refractivity contribution in [3.05, 3.63) is 94.0 Å². The number of nitrogens with zero attached hydrogens (tertiary/aromatic N) is 1. The van der Waals surface area contributed by atoms with Gasteiger partial charge in [-0.05, 0) is 54.3 Å². The Morgan fingerprint density at radius 1 is 1.03 bits per heavy atom. The van der Waals surface area contributed by atoms with Gasteiger partial charge in [0, 0.05) is 16.7 Å². The van der Waals surface area contributed by atoms with Crippen molar-refractivity contribution in [2.45, 2.75) is 12.8 Å². The molecule has 0 aromatic heterocycles. The molecule has 0 aliphatic rings. The number of ether oxygens (including phenoxy) is 2. The van der Waals surface area contributed by atoms with Gasteiger partial charge in [0.05, 0.1) is 7.11 Å². The zero-order valence-electron chi connectivity index (χ0n) is 19.8. The van der Waals surface area contributed by atoms with Crippen molar-refractivity contribution in [3.63, 3.8) is 0 Å². The fourth-order valence-electron chi connectivity index (χ4n) is 3.33. The molecule has 0 bridgehead atoms. The summed E-state index contributed by atoms with van der Waals surface area (Å²) in [5.41, 5.74) is 2.39. The van der Waals surface area contributed by atoms with E-state index in [1.165, 1.54) is 18.7 Å². The van der Waals surface area contributed by atoms with Crippen LogP contribution in [0.2, 0.25) is 0 Å². The summed E-state index contributed by atoms with van der Waals surface area (Å²) in [5.74, 6) is -0.0699. The number of nitrogens with one attached hydrogen (secondary N) is 2. The molecule has 7 nitrogen and oxygen atoms in total. The van der Waals surface area contributed by atoms with Crippen molar-refractivity contribution in [2.24, 2.45) is 0 Å². The summed E-state index contributed by atoms with van der Waals surface area (Å²) in [6, 6.07) is 24.3. The summed E-state index contributed by atoms with van der Waals surface area (Å²) in [5, 5.41) is 15.1. The van der Waals surface area contributed by atoms with Crippen LogP contribution in [0.5, 0.6) is 11.5 Å². The van der Waals surface area contributed by atoms with E-state index in [-0.39, 0.29) is 18.1 Å². The second kappa shape index (κ2) is 13.7. The Morgan fingerprint density at radius 3 is 2.39 bits per heavy atom. The van der Waals surface area contributed by atoms with Crippen LogP contribution in [0.25, 0.3) is 6.08 Å². The molecule has 184 valence electrons. The molecule has 2 N–H and O–H groups in total. The van der Waals surface area contributed by atoms with E-state index in [0.29, 0.717) is 33.8 Å². The van der Waals surface area contributed by atoms with Gasteiger partial charge in [0.1, 0.15) is 11.6 Å². The molecule has 0 radical (unpaired) electrons. The van der Waals surface area contributed by atoms with Gasteiger partial charge >= 0.3 is 0 Å². The highest BCUT2D eigenvalue weighted by Gasteiger charge is 2.14. The normalized spacial score (nSPS) is 10.8. The van der Waals surface area contributed by atoms with Gasteiger partial charge in [-0.3, -0.25) is 9.59 Å². The maximum Gasteiger partial charge on any atom is 0.262 e. The Labute approximate surface area is 218 Å². The number of amides is 2. The standard InChI is InChI=1S/C28H26BrN3O4/c1-35-25-16-21(15-22(18-30)28(34)31-14-8-11-20-9-4-2-5-10-20)24(29)17-26(25)36-19-27(33)32-23-12-6-3-7-13-23/h2-7,9-10,12-13,15-17H,8,11,14,19H2,1H3,(H,31,34)(H,32,33)/b22-15-. The zero-order chi connectivity index (χ0) is 25.8. The van der Waals surface area contributed by atoms with E-state index in [4.69, 9.17) is 9.47 Å². The molecule has 0 heterocycles. The van der Waals surface area contributed by atoms with E-state index < -0.39 is 5.91 Å². The van der Waals surface area contributed by atoms with Crippen LogP contribution < -0.4 is 20.1 Å². The van der Waals surface area contributed by atoms with E-state index in [1.807, 2.05) is 54.6 Å². The van der Waals surface area contributed by atoms with Crippen molar-refractivity contribution in [1.29, 1.82) is 5.26 Å². The first-order valence-corrected chi connectivity index (χ1v) is 12.1. The summed E-state index contributed by atoms with van der Waals surface area (Å²) in [6.07, 6.45) is 3.07. The molecule has 36 heavy (non-hydrogen) atoms. The van der Waals surface area contributed by atoms with Crippen molar-refractivity contribution < 1.29 is 19.1 Å². The highest BCUT2D eigenvalue weighted by Crippen LogP contribution is 2.34. The first-order valence-electron chi connectivity index (χ1n) is 11.3. The van der Waals surface area contributed by atoms with E-state index in [2.05, 4.69) is 26.6 Å². The van der Waals surface area contributed by atoms with E-state index in [9.17, 15) is 14.9 Å². The number of hydrogen-bond donors (Lipinski definition) is 2. The first-order chi connectivity index (χ1) is 17.5. The second-order valence-electron chi connectivity index (χ2n) is 7.74. The Balaban J connectivity index is 1.61. The Kier molecular flexibility index (Phi) is 10.1. The fourth-order valence-corrected chi connectivity index (χ4v) is 3.77. The maximum absolute atomic E-state index is 12.5. The van der Waals surface area contributed by atoms with Gasteiger partial charge in [0.25, 0.3) is 11.8 Å². The molecule has 0 fully saturated rings. The lowest BCUT2D eigenvalue weighted by molar-refractivity contribution is -0.118.